The van der Waals surface area contributed by atoms with E-state index < -0.39 is 31.5 Å². The molecule has 8 heteroatoms. The van der Waals surface area contributed by atoms with Crippen LogP contribution in [-0.4, -0.2) is 53.4 Å². The Morgan fingerprint density at radius 2 is 1.86 bits per heavy atom. The molecule has 3 N–H and O–H groups in total. The zero-order chi connectivity index (χ0) is 16.8. The largest absolute Gasteiger partial charge is 0.481 e. The van der Waals surface area contributed by atoms with E-state index in [1.807, 2.05) is 0 Å². The van der Waals surface area contributed by atoms with Crippen LogP contribution in [0.15, 0.2) is 30.3 Å². The molecule has 0 saturated heterocycles. The highest BCUT2D eigenvalue weighted by Gasteiger charge is 2.26. The van der Waals surface area contributed by atoms with Gasteiger partial charge in [0.25, 0.3) is 5.91 Å². The van der Waals surface area contributed by atoms with Crippen molar-refractivity contribution in [3.63, 3.8) is 0 Å². The first-order chi connectivity index (χ1) is 10.2. The van der Waals surface area contributed by atoms with Crippen molar-refractivity contribution >= 4 is 19.0 Å². The van der Waals surface area contributed by atoms with Crippen molar-refractivity contribution < 1.29 is 24.5 Å². The van der Waals surface area contributed by atoms with Gasteiger partial charge in [-0.25, -0.2) is 5.06 Å². The van der Waals surface area contributed by atoms with E-state index in [9.17, 15) is 19.4 Å². The molecule has 0 bridgehead atoms. The molecule has 0 saturated carbocycles. The number of nitrogens with zero attached hydrogens (tertiary/aromatic N) is 1. The van der Waals surface area contributed by atoms with Gasteiger partial charge in [-0.15, -0.1) is 0 Å². The van der Waals surface area contributed by atoms with Crippen LogP contribution in [-0.2, 0) is 14.2 Å². The van der Waals surface area contributed by atoms with Gasteiger partial charge >= 0.3 is 5.97 Å². The van der Waals surface area contributed by atoms with Crippen molar-refractivity contribution in [3.8, 4) is 0 Å². The lowest BCUT2D eigenvalue weighted by atomic mass is 10.0. The fraction of sp³-hybridized carbons (Fsp3) is 0.429. The summed E-state index contributed by atoms with van der Waals surface area (Å²) in [6.07, 6.45) is -0.242. The van der Waals surface area contributed by atoms with Crippen molar-refractivity contribution in [1.82, 2.24) is 10.4 Å². The number of aliphatic carboxylic acids is 1. The summed E-state index contributed by atoms with van der Waals surface area (Å²) >= 11 is 0. The van der Waals surface area contributed by atoms with Crippen LogP contribution in [0.1, 0.15) is 18.0 Å². The van der Waals surface area contributed by atoms with Crippen molar-refractivity contribution in [2.75, 3.05) is 26.2 Å². The highest BCUT2D eigenvalue weighted by atomic mass is 31.2. The number of amides is 1. The number of carboxylic acids is 1. The van der Waals surface area contributed by atoms with Crippen LogP contribution < -0.4 is 5.32 Å². The number of hydrogen-bond donors (Lipinski definition) is 3. The first-order valence-corrected chi connectivity index (χ1v) is 9.52. The van der Waals surface area contributed by atoms with Gasteiger partial charge in [0, 0.05) is 6.29 Å². The molecule has 0 spiro atoms. The van der Waals surface area contributed by atoms with Gasteiger partial charge in [0.1, 0.15) is 0 Å². The summed E-state index contributed by atoms with van der Waals surface area (Å²) in [5.41, 5.74) is 0.525. The average molecular weight is 328 g/mol. The van der Waals surface area contributed by atoms with E-state index >= 15 is 0 Å². The predicted molar refractivity (Wildman–Crippen MR) is 82.4 cm³/mol. The lowest BCUT2D eigenvalue weighted by Crippen LogP contribution is -2.39. The van der Waals surface area contributed by atoms with Gasteiger partial charge in [-0.05, 0) is 18.9 Å². The molecule has 0 aromatic heterocycles. The van der Waals surface area contributed by atoms with Gasteiger partial charge in [0.2, 0.25) is 0 Å². The third-order valence-electron chi connectivity index (χ3n) is 2.87. The highest BCUT2D eigenvalue weighted by molar-refractivity contribution is 7.62. The Hall–Kier alpha value is -1.69. The maximum absolute atomic E-state index is 12.0. The number of rotatable bonds is 8. The Kier molecular flexibility index (Phi) is 6.74. The molecule has 1 unspecified atom stereocenters. The first kappa shape index (κ1) is 18.4. The van der Waals surface area contributed by atoms with Gasteiger partial charge in [-0.2, -0.15) is 0 Å². The lowest BCUT2D eigenvalue weighted by molar-refractivity contribution is -0.178. The van der Waals surface area contributed by atoms with E-state index in [0.717, 1.165) is 0 Å². The number of nitrogens with one attached hydrogen (secondary N) is 1. The molecule has 0 aliphatic heterocycles. The molecule has 1 atom stereocenters. The van der Waals surface area contributed by atoms with Crippen molar-refractivity contribution in [2.24, 2.45) is 0 Å². The van der Waals surface area contributed by atoms with Crippen molar-refractivity contribution in [1.29, 1.82) is 0 Å². The molecule has 0 fully saturated rings. The molecular formula is C14H21N2O5P. The monoisotopic (exact) mass is 328 g/mol. The smallest absolute Gasteiger partial charge is 0.305 e. The minimum absolute atomic E-state index is 0.168. The van der Waals surface area contributed by atoms with Crippen molar-refractivity contribution in [2.45, 2.75) is 12.5 Å². The topological polar surface area (TPSA) is 107 Å². The third kappa shape index (κ3) is 6.39. The van der Waals surface area contributed by atoms with E-state index in [-0.39, 0.29) is 12.8 Å². The van der Waals surface area contributed by atoms with Crippen LogP contribution in [0.25, 0.3) is 0 Å². The number of carboxylic acid groups (broad SMARTS) is 1. The van der Waals surface area contributed by atoms with Crippen LogP contribution in [0.5, 0.6) is 0 Å². The molecule has 0 aliphatic carbocycles. The van der Waals surface area contributed by atoms with E-state index in [2.05, 4.69) is 5.32 Å². The van der Waals surface area contributed by atoms with E-state index in [0.29, 0.717) is 10.6 Å². The molecule has 1 rings (SSSR count). The van der Waals surface area contributed by atoms with Crippen LogP contribution in [0.2, 0.25) is 0 Å². The Morgan fingerprint density at radius 3 is 2.36 bits per heavy atom. The summed E-state index contributed by atoms with van der Waals surface area (Å²) in [4.78, 5) is 22.9. The zero-order valence-electron chi connectivity index (χ0n) is 12.6. The second-order valence-electron chi connectivity index (χ2n) is 5.42. The minimum atomic E-state index is -2.31. The molecule has 1 aromatic carbocycles. The molecule has 1 amide bonds. The number of hydroxylamine groups is 2. The van der Waals surface area contributed by atoms with E-state index in [4.69, 9.17) is 5.11 Å². The molecule has 22 heavy (non-hydrogen) atoms. The quantitative estimate of drug-likeness (QED) is 0.380. The van der Waals surface area contributed by atoms with Gasteiger partial charge in [-0.3, -0.25) is 14.8 Å². The maximum atomic E-state index is 12.0. The average Bonchev–Trinajstić information content (AvgIpc) is 2.43. The minimum Gasteiger partial charge on any atom is -0.481 e. The lowest BCUT2D eigenvalue weighted by Gasteiger charge is -2.25. The summed E-state index contributed by atoms with van der Waals surface area (Å²) in [5, 5.41) is 22.1. The molecular weight excluding hydrogens is 307 g/mol. The number of hydrogen-bond acceptors (Lipinski definition) is 5. The second-order valence-corrected chi connectivity index (χ2v) is 8.89. The van der Waals surface area contributed by atoms with Gasteiger partial charge < -0.3 is 15.0 Å². The van der Waals surface area contributed by atoms with Gasteiger partial charge in [0.15, 0.2) is 0 Å². The molecule has 0 heterocycles. The first-order valence-electron chi connectivity index (χ1n) is 6.73. The zero-order valence-corrected chi connectivity index (χ0v) is 13.5. The Morgan fingerprint density at radius 1 is 1.27 bits per heavy atom. The predicted octanol–water partition coefficient (Wildman–Crippen LogP) is 1.59. The highest BCUT2D eigenvalue weighted by Crippen LogP contribution is 2.33. The summed E-state index contributed by atoms with van der Waals surface area (Å²) in [6, 6.07) is 7.47. The van der Waals surface area contributed by atoms with Crippen LogP contribution in [0.3, 0.4) is 0 Å². The Balaban J connectivity index is 2.75. The van der Waals surface area contributed by atoms with Crippen LogP contribution >= 0.6 is 7.14 Å². The number of carbonyl (C=O) groups excluding carboxylic acids is 1. The molecule has 122 valence electrons. The number of carbonyl (C=O) groups is 2. The Bertz CT molecular complexity index is 558. The SMILES string of the molecule is CP(C)(=O)CNCC(=O)N(O)C(CC(=O)O)c1ccccc1. The molecule has 0 aliphatic rings. The summed E-state index contributed by atoms with van der Waals surface area (Å²) in [6.45, 7) is 2.95. The molecule has 1 aromatic rings. The normalized spacial score (nSPS) is 12.7. The van der Waals surface area contributed by atoms with Crippen LogP contribution in [0.4, 0.5) is 0 Å². The van der Waals surface area contributed by atoms with Crippen molar-refractivity contribution in [3.05, 3.63) is 35.9 Å². The van der Waals surface area contributed by atoms with Gasteiger partial charge in [-0.1, -0.05) is 30.3 Å². The summed E-state index contributed by atoms with van der Waals surface area (Å²) in [7, 11) is -2.31. The van der Waals surface area contributed by atoms with Gasteiger partial charge in [0.05, 0.1) is 26.1 Å². The fourth-order valence-corrected chi connectivity index (χ4v) is 2.52. The molecule has 7 nitrogen and oxygen atoms in total. The molecule has 0 radical (unpaired) electrons. The third-order valence-corrected chi connectivity index (χ3v) is 3.86. The fourth-order valence-electron chi connectivity index (χ4n) is 1.87. The van der Waals surface area contributed by atoms with Crippen LogP contribution in [0, 0.1) is 0 Å². The van der Waals surface area contributed by atoms with E-state index in [1.165, 1.54) is 0 Å². The van der Waals surface area contributed by atoms with E-state index in [1.54, 1.807) is 43.7 Å². The standard InChI is InChI=1S/C14H21N2O5P/c1-22(2,21)10-15-9-13(17)16(20)12(8-14(18)19)11-6-4-3-5-7-11/h3-7,12,15,20H,8-10H2,1-2H3,(H,18,19). The Labute approximate surface area is 129 Å². The maximum Gasteiger partial charge on any atom is 0.305 e. The summed E-state index contributed by atoms with van der Waals surface area (Å²) in [5.74, 6) is -1.80. The summed E-state index contributed by atoms with van der Waals surface area (Å²) < 4.78 is 11.5. The number of benzene rings is 1. The second kappa shape index (κ2) is 8.08.